The van der Waals surface area contributed by atoms with E-state index in [-0.39, 0.29) is 24.5 Å². The Morgan fingerprint density at radius 2 is 1.33 bits per heavy atom. The lowest BCUT2D eigenvalue weighted by Gasteiger charge is -2.13. The molecule has 0 unspecified atom stereocenters. The first-order valence-electron chi connectivity index (χ1n) is 4.78. The first-order valence-corrected chi connectivity index (χ1v) is 4.78. The van der Waals surface area contributed by atoms with Gasteiger partial charge in [0.25, 0.3) is 0 Å². The molecule has 1 rings (SSSR count). The van der Waals surface area contributed by atoms with Crippen molar-refractivity contribution in [3.05, 3.63) is 34.9 Å². The molecule has 1 radical (unpaired) electrons. The van der Waals surface area contributed by atoms with Gasteiger partial charge in [-0.2, -0.15) is 26.3 Å². The zero-order valence-corrected chi connectivity index (χ0v) is 8.82. The minimum Gasteiger partial charge on any atom is -0.291 e. The highest BCUT2D eigenvalue weighted by molar-refractivity contribution is 5.51. The second kappa shape index (κ2) is 4.99. The predicted octanol–water partition coefficient (Wildman–Crippen LogP) is 3.77. The third-order valence-corrected chi connectivity index (χ3v) is 2.16. The van der Waals surface area contributed by atoms with Crippen LogP contribution in [0.1, 0.15) is 23.1 Å². The molecule has 0 aliphatic heterocycles. The molecule has 99 valence electrons. The molecule has 0 spiro atoms. The Kier molecular flexibility index (Phi) is 4.03. The van der Waals surface area contributed by atoms with Crippen molar-refractivity contribution in [1.29, 1.82) is 0 Å². The fraction of sp³-hybridized carbons (Fsp3) is 0.364. The lowest BCUT2D eigenvalue weighted by molar-refractivity contribution is -0.143. The molecular weight excluding hydrogens is 262 g/mol. The highest BCUT2D eigenvalue weighted by Crippen LogP contribution is 2.36. The molecule has 0 heterocycles. The van der Waals surface area contributed by atoms with Gasteiger partial charge in [0.2, 0.25) is 0 Å². The second-order valence-corrected chi connectivity index (χ2v) is 3.56. The first kappa shape index (κ1) is 14.5. The van der Waals surface area contributed by atoms with E-state index in [1.807, 2.05) is 0 Å². The van der Waals surface area contributed by atoms with Gasteiger partial charge in [0, 0.05) is 6.42 Å². The Hall–Kier alpha value is -1.53. The highest BCUT2D eigenvalue weighted by Gasteiger charge is 2.36. The summed E-state index contributed by atoms with van der Waals surface area (Å²) in [6.45, 7) is 0. The van der Waals surface area contributed by atoms with Crippen LogP contribution in [-0.4, -0.2) is 6.29 Å². The van der Waals surface area contributed by atoms with Crippen molar-refractivity contribution >= 4 is 6.29 Å². The zero-order valence-electron chi connectivity index (χ0n) is 8.82. The van der Waals surface area contributed by atoms with Crippen molar-refractivity contribution in [1.82, 2.24) is 0 Å². The minimum atomic E-state index is -4.86. The molecule has 0 aliphatic carbocycles. The van der Waals surface area contributed by atoms with Crippen molar-refractivity contribution in [2.24, 2.45) is 0 Å². The predicted molar refractivity (Wildman–Crippen MR) is 50.5 cm³/mol. The molecule has 0 amide bonds. The first-order chi connectivity index (χ1) is 8.14. The molecule has 0 atom stereocenters. The van der Waals surface area contributed by atoms with Crippen molar-refractivity contribution in [3.8, 4) is 0 Å². The molecular formula is C11H7F6O. The van der Waals surface area contributed by atoms with Gasteiger partial charge in [0.1, 0.15) is 0 Å². The maximum Gasteiger partial charge on any atom is 0.416 e. The molecule has 18 heavy (non-hydrogen) atoms. The summed E-state index contributed by atoms with van der Waals surface area (Å²) in [5, 5.41) is 0. The number of rotatable bonds is 3. The molecule has 0 aliphatic rings. The van der Waals surface area contributed by atoms with Gasteiger partial charge in [0.15, 0.2) is 6.29 Å². The van der Waals surface area contributed by atoms with Crippen LogP contribution in [0.2, 0.25) is 0 Å². The minimum absolute atomic E-state index is 0.0497. The Morgan fingerprint density at radius 3 is 1.67 bits per heavy atom. The summed E-state index contributed by atoms with van der Waals surface area (Å²) in [5.74, 6) is 0. The lowest BCUT2D eigenvalue weighted by Crippen LogP contribution is -2.11. The maximum absolute atomic E-state index is 12.4. The fourth-order valence-corrected chi connectivity index (χ4v) is 1.36. The number of carbonyl (C=O) groups excluding carboxylic acids is 1. The summed E-state index contributed by atoms with van der Waals surface area (Å²) in [7, 11) is 0. The van der Waals surface area contributed by atoms with E-state index >= 15 is 0 Å². The number of hydrogen-bond acceptors (Lipinski definition) is 1. The van der Waals surface area contributed by atoms with E-state index in [0.29, 0.717) is 12.1 Å². The largest absolute Gasteiger partial charge is 0.416 e. The van der Waals surface area contributed by atoms with Crippen molar-refractivity contribution in [2.75, 3.05) is 0 Å². The van der Waals surface area contributed by atoms with Crippen LogP contribution in [0.15, 0.2) is 18.2 Å². The van der Waals surface area contributed by atoms with E-state index in [1.165, 1.54) is 6.29 Å². The summed E-state index contributed by atoms with van der Waals surface area (Å²) >= 11 is 0. The molecule has 1 aromatic carbocycles. The highest BCUT2D eigenvalue weighted by atomic mass is 19.4. The van der Waals surface area contributed by atoms with Crippen LogP contribution in [-0.2, 0) is 23.6 Å². The second-order valence-electron chi connectivity index (χ2n) is 3.56. The summed E-state index contributed by atoms with van der Waals surface area (Å²) < 4.78 is 74.5. The zero-order chi connectivity index (χ0) is 14.0. The van der Waals surface area contributed by atoms with Crippen LogP contribution in [0.5, 0.6) is 0 Å². The van der Waals surface area contributed by atoms with Gasteiger partial charge >= 0.3 is 12.4 Å². The van der Waals surface area contributed by atoms with E-state index < -0.39 is 23.5 Å². The number of alkyl halides is 6. The Labute approximate surface area is 98.4 Å². The SMILES string of the molecule is O=[C]CCc1cc(C(F)(F)F)cc(C(F)(F)F)c1. The quantitative estimate of drug-likeness (QED) is 0.763. The Morgan fingerprint density at radius 1 is 0.889 bits per heavy atom. The molecule has 0 N–H and O–H groups in total. The Bertz CT molecular complexity index is 400. The number of benzene rings is 1. The molecule has 0 saturated heterocycles. The van der Waals surface area contributed by atoms with E-state index in [9.17, 15) is 31.1 Å². The van der Waals surface area contributed by atoms with E-state index in [2.05, 4.69) is 0 Å². The third kappa shape index (κ3) is 3.75. The topological polar surface area (TPSA) is 17.1 Å². The Balaban J connectivity index is 3.24. The van der Waals surface area contributed by atoms with Crippen LogP contribution in [0.25, 0.3) is 0 Å². The number of aryl methyl sites for hydroxylation is 1. The van der Waals surface area contributed by atoms with Crippen LogP contribution in [0.3, 0.4) is 0 Å². The molecule has 1 aromatic rings. The normalized spacial score (nSPS) is 12.6. The van der Waals surface area contributed by atoms with Gasteiger partial charge in [0.05, 0.1) is 11.1 Å². The molecule has 1 nitrogen and oxygen atoms in total. The molecule has 0 bridgehead atoms. The maximum atomic E-state index is 12.4. The molecule has 7 heteroatoms. The monoisotopic (exact) mass is 269 g/mol. The van der Waals surface area contributed by atoms with Crippen LogP contribution in [0.4, 0.5) is 26.3 Å². The van der Waals surface area contributed by atoms with Crippen LogP contribution in [0, 0.1) is 0 Å². The lowest BCUT2D eigenvalue weighted by atomic mass is 10.0. The smallest absolute Gasteiger partial charge is 0.291 e. The number of hydrogen-bond donors (Lipinski definition) is 0. The van der Waals surface area contributed by atoms with Crippen molar-refractivity contribution in [3.63, 3.8) is 0 Å². The van der Waals surface area contributed by atoms with Crippen LogP contribution >= 0.6 is 0 Å². The third-order valence-electron chi connectivity index (χ3n) is 2.16. The molecule has 0 fully saturated rings. The van der Waals surface area contributed by atoms with Gasteiger partial charge in [-0.3, -0.25) is 4.79 Å². The summed E-state index contributed by atoms with van der Waals surface area (Å²) in [6.07, 6.45) is -8.76. The fourth-order valence-electron chi connectivity index (χ4n) is 1.36. The van der Waals surface area contributed by atoms with E-state index in [1.54, 1.807) is 0 Å². The number of halogens is 6. The summed E-state index contributed by atoms with van der Waals surface area (Å²) in [4.78, 5) is 9.97. The standard InChI is InChI=1S/C11H7F6O/c12-10(13,14)8-4-7(2-1-3-18)5-9(6-8)11(15,16)17/h4-6H,1-2H2. The van der Waals surface area contributed by atoms with Crippen molar-refractivity contribution < 1.29 is 31.1 Å². The molecule has 0 saturated carbocycles. The van der Waals surface area contributed by atoms with Crippen molar-refractivity contribution in [2.45, 2.75) is 25.2 Å². The summed E-state index contributed by atoms with van der Waals surface area (Å²) in [6, 6.07) is 1.26. The van der Waals surface area contributed by atoms with Gasteiger partial charge in [-0.15, -0.1) is 0 Å². The van der Waals surface area contributed by atoms with Gasteiger partial charge < -0.3 is 0 Å². The van der Waals surface area contributed by atoms with E-state index in [0.717, 1.165) is 0 Å². The van der Waals surface area contributed by atoms with E-state index in [4.69, 9.17) is 0 Å². The average Bonchev–Trinajstić information content (AvgIpc) is 2.23. The van der Waals surface area contributed by atoms with Crippen LogP contribution < -0.4 is 0 Å². The average molecular weight is 269 g/mol. The van der Waals surface area contributed by atoms with Gasteiger partial charge in [-0.1, -0.05) is 0 Å². The van der Waals surface area contributed by atoms with Gasteiger partial charge in [-0.25, -0.2) is 0 Å². The van der Waals surface area contributed by atoms with Gasteiger partial charge in [-0.05, 0) is 30.2 Å². The summed E-state index contributed by atoms with van der Waals surface area (Å²) in [5.41, 5.74) is -2.95. The molecule has 0 aromatic heterocycles.